The van der Waals surface area contributed by atoms with Gasteiger partial charge in [-0.15, -0.1) is 0 Å². The minimum atomic E-state index is -0.718. The Morgan fingerprint density at radius 2 is 1.52 bits per heavy atom. The van der Waals surface area contributed by atoms with Crippen molar-refractivity contribution >= 4 is 11.6 Å². The van der Waals surface area contributed by atoms with Gasteiger partial charge in [-0.05, 0) is 12.1 Å². The van der Waals surface area contributed by atoms with E-state index in [1.165, 1.54) is 0 Å². The van der Waals surface area contributed by atoms with Crippen LogP contribution in [-0.2, 0) is 11.2 Å². The van der Waals surface area contributed by atoms with E-state index in [2.05, 4.69) is 0 Å². The smallest absolute Gasteiger partial charge is 0.233 e. The molecule has 4 nitrogen and oxygen atoms in total. The van der Waals surface area contributed by atoms with E-state index < -0.39 is 11.2 Å². The standard InChI is InChI=1S/C21H18N2O2/c1-21(2)13-16-17(19(24)20(21)25)18(14-9-5-3-6-10-14)22-23(16)15-11-7-4-8-12-15/h3-12H,13H2,1-2H3. The molecule has 0 spiro atoms. The zero-order valence-electron chi connectivity index (χ0n) is 14.2. The molecule has 4 heteroatoms. The van der Waals surface area contributed by atoms with Crippen LogP contribution < -0.4 is 0 Å². The highest BCUT2D eigenvalue weighted by Gasteiger charge is 2.44. The van der Waals surface area contributed by atoms with E-state index in [-0.39, 0.29) is 5.78 Å². The first-order valence-electron chi connectivity index (χ1n) is 8.31. The van der Waals surface area contributed by atoms with Gasteiger partial charge in [0.1, 0.15) is 5.69 Å². The lowest BCUT2D eigenvalue weighted by Crippen LogP contribution is -2.39. The minimum Gasteiger partial charge on any atom is -0.290 e. The number of benzene rings is 2. The fourth-order valence-corrected chi connectivity index (χ4v) is 3.36. The van der Waals surface area contributed by atoms with Crippen molar-refractivity contribution in [3.8, 4) is 16.9 Å². The molecule has 0 atom stereocenters. The Morgan fingerprint density at radius 3 is 2.16 bits per heavy atom. The fraction of sp³-hybridized carbons (Fsp3) is 0.190. The normalized spacial score (nSPS) is 15.9. The number of carbonyl (C=O) groups is 2. The molecule has 1 heterocycles. The maximum Gasteiger partial charge on any atom is 0.233 e. The lowest BCUT2D eigenvalue weighted by Gasteiger charge is -2.27. The average molecular weight is 330 g/mol. The van der Waals surface area contributed by atoms with Gasteiger partial charge in [-0.3, -0.25) is 9.59 Å². The summed E-state index contributed by atoms with van der Waals surface area (Å²) in [6.45, 7) is 3.64. The third-order valence-corrected chi connectivity index (χ3v) is 4.69. The third kappa shape index (κ3) is 2.41. The van der Waals surface area contributed by atoms with E-state index in [0.29, 0.717) is 17.7 Å². The molecular formula is C21H18N2O2. The van der Waals surface area contributed by atoms with E-state index in [9.17, 15) is 9.59 Å². The van der Waals surface area contributed by atoms with Crippen LogP contribution in [-0.4, -0.2) is 21.3 Å². The molecule has 0 saturated heterocycles. The molecule has 4 rings (SSSR count). The molecule has 0 bridgehead atoms. The highest BCUT2D eigenvalue weighted by molar-refractivity contribution is 6.47. The largest absolute Gasteiger partial charge is 0.290 e. The predicted molar refractivity (Wildman–Crippen MR) is 95.8 cm³/mol. The van der Waals surface area contributed by atoms with Gasteiger partial charge in [0.25, 0.3) is 0 Å². The number of hydrogen-bond donors (Lipinski definition) is 0. The lowest BCUT2D eigenvalue weighted by atomic mass is 9.74. The van der Waals surface area contributed by atoms with Crippen molar-refractivity contribution in [2.24, 2.45) is 5.41 Å². The monoisotopic (exact) mass is 330 g/mol. The first kappa shape index (κ1) is 15.5. The summed E-state index contributed by atoms with van der Waals surface area (Å²) in [7, 11) is 0. The summed E-state index contributed by atoms with van der Waals surface area (Å²) in [6, 6.07) is 19.3. The molecule has 1 aromatic heterocycles. The number of hydrogen-bond acceptors (Lipinski definition) is 3. The maximum absolute atomic E-state index is 12.9. The van der Waals surface area contributed by atoms with Crippen LogP contribution in [0.2, 0.25) is 0 Å². The number of para-hydroxylation sites is 1. The van der Waals surface area contributed by atoms with Gasteiger partial charge in [-0.1, -0.05) is 62.4 Å². The van der Waals surface area contributed by atoms with E-state index in [1.807, 2.05) is 79.2 Å². The van der Waals surface area contributed by atoms with Crippen molar-refractivity contribution < 1.29 is 9.59 Å². The SMILES string of the molecule is CC1(C)Cc2c(c(-c3ccccc3)nn2-c2ccccc2)C(=O)C1=O. The zero-order chi connectivity index (χ0) is 17.6. The second kappa shape index (κ2) is 5.52. The van der Waals surface area contributed by atoms with Crippen molar-refractivity contribution in [2.75, 3.05) is 0 Å². The summed E-state index contributed by atoms with van der Waals surface area (Å²) < 4.78 is 1.81. The van der Waals surface area contributed by atoms with Crippen molar-refractivity contribution in [3.05, 3.63) is 71.9 Å². The topological polar surface area (TPSA) is 52.0 Å². The Bertz CT molecular complexity index is 970. The van der Waals surface area contributed by atoms with Crippen LogP contribution in [0.15, 0.2) is 60.7 Å². The van der Waals surface area contributed by atoms with E-state index in [1.54, 1.807) is 0 Å². The van der Waals surface area contributed by atoms with Crippen LogP contribution in [0, 0.1) is 5.41 Å². The van der Waals surface area contributed by atoms with Crippen LogP contribution in [0.4, 0.5) is 0 Å². The Kier molecular flexibility index (Phi) is 3.42. The molecule has 0 fully saturated rings. The number of carbonyl (C=O) groups excluding carboxylic acids is 2. The molecule has 0 unspecified atom stereocenters. The van der Waals surface area contributed by atoms with Gasteiger partial charge in [0, 0.05) is 17.4 Å². The number of rotatable bonds is 2. The molecule has 0 aliphatic heterocycles. The molecule has 2 aromatic carbocycles. The molecule has 0 N–H and O–H groups in total. The molecule has 3 aromatic rings. The highest BCUT2D eigenvalue weighted by Crippen LogP contribution is 2.38. The van der Waals surface area contributed by atoms with Crippen LogP contribution in [0.5, 0.6) is 0 Å². The second-order valence-corrected chi connectivity index (χ2v) is 7.00. The molecule has 0 radical (unpaired) electrons. The van der Waals surface area contributed by atoms with Crippen molar-refractivity contribution in [1.29, 1.82) is 0 Å². The van der Waals surface area contributed by atoms with Crippen molar-refractivity contribution in [3.63, 3.8) is 0 Å². The van der Waals surface area contributed by atoms with Crippen molar-refractivity contribution in [1.82, 2.24) is 9.78 Å². The van der Waals surface area contributed by atoms with Gasteiger partial charge in [0.15, 0.2) is 0 Å². The first-order valence-corrected chi connectivity index (χ1v) is 8.31. The van der Waals surface area contributed by atoms with Crippen LogP contribution in [0.25, 0.3) is 16.9 Å². The Balaban J connectivity index is 2.02. The van der Waals surface area contributed by atoms with Crippen molar-refractivity contribution in [2.45, 2.75) is 20.3 Å². The number of aromatic nitrogens is 2. The molecule has 1 aliphatic rings. The van der Waals surface area contributed by atoms with E-state index in [0.717, 1.165) is 16.9 Å². The lowest BCUT2D eigenvalue weighted by molar-refractivity contribution is -0.123. The Labute approximate surface area is 146 Å². The van der Waals surface area contributed by atoms with E-state index >= 15 is 0 Å². The zero-order valence-corrected chi connectivity index (χ0v) is 14.2. The maximum atomic E-state index is 12.9. The summed E-state index contributed by atoms with van der Waals surface area (Å²) in [5, 5.41) is 4.73. The summed E-state index contributed by atoms with van der Waals surface area (Å²) in [5.74, 6) is -0.780. The fourth-order valence-electron chi connectivity index (χ4n) is 3.36. The van der Waals surface area contributed by atoms with Gasteiger partial charge in [0.05, 0.1) is 16.9 Å². The molecule has 124 valence electrons. The molecule has 0 amide bonds. The van der Waals surface area contributed by atoms with Crippen LogP contribution in [0.3, 0.4) is 0 Å². The molecule has 0 saturated carbocycles. The van der Waals surface area contributed by atoms with Gasteiger partial charge < -0.3 is 0 Å². The molecule has 1 aliphatic carbocycles. The number of ketones is 2. The Morgan fingerprint density at radius 1 is 0.920 bits per heavy atom. The molecular weight excluding hydrogens is 312 g/mol. The second-order valence-electron chi connectivity index (χ2n) is 7.00. The quantitative estimate of drug-likeness (QED) is 0.670. The summed E-state index contributed by atoms with van der Waals surface area (Å²) >= 11 is 0. The Hall–Kier alpha value is -3.01. The number of Topliss-reactive ketones (excluding diaryl/α,β-unsaturated/α-hetero) is 2. The number of nitrogens with zero attached hydrogens (tertiary/aromatic N) is 2. The summed E-state index contributed by atoms with van der Waals surface area (Å²) in [4.78, 5) is 25.4. The highest BCUT2D eigenvalue weighted by atomic mass is 16.2. The van der Waals surface area contributed by atoms with Gasteiger partial charge >= 0.3 is 0 Å². The van der Waals surface area contributed by atoms with Crippen LogP contribution in [0.1, 0.15) is 29.9 Å². The van der Waals surface area contributed by atoms with Gasteiger partial charge in [-0.2, -0.15) is 5.10 Å². The van der Waals surface area contributed by atoms with E-state index in [4.69, 9.17) is 5.10 Å². The van der Waals surface area contributed by atoms with Gasteiger partial charge in [-0.25, -0.2) is 4.68 Å². The third-order valence-electron chi connectivity index (χ3n) is 4.69. The average Bonchev–Trinajstić information content (AvgIpc) is 3.00. The summed E-state index contributed by atoms with van der Waals surface area (Å²) in [5.41, 5.74) is 2.84. The van der Waals surface area contributed by atoms with Crippen LogP contribution >= 0.6 is 0 Å². The minimum absolute atomic E-state index is 0.343. The predicted octanol–water partition coefficient (Wildman–Crippen LogP) is 3.87. The number of fused-ring (bicyclic) bond motifs is 1. The first-order chi connectivity index (χ1) is 12.0. The molecule has 25 heavy (non-hydrogen) atoms. The summed E-state index contributed by atoms with van der Waals surface area (Å²) in [6.07, 6.45) is 0.488. The van der Waals surface area contributed by atoms with Gasteiger partial charge in [0.2, 0.25) is 11.6 Å².